The first-order valence-corrected chi connectivity index (χ1v) is 4.17. The third-order valence-electron chi connectivity index (χ3n) is 1.79. The molecule has 15 heavy (non-hydrogen) atoms. The fraction of sp³-hybridized carbons (Fsp3) is 0.200. The maximum Gasteiger partial charge on any atom is 0.573 e. The quantitative estimate of drug-likeness (QED) is 0.826. The highest BCUT2D eigenvalue weighted by molar-refractivity contribution is 5.63. The van der Waals surface area contributed by atoms with E-state index in [9.17, 15) is 13.2 Å². The van der Waals surface area contributed by atoms with E-state index in [1.54, 1.807) is 6.92 Å². The Morgan fingerprint density at radius 3 is 2.20 bits per heavy atom. The number of hydrogen-bond donors (Lipinski definition) is 1. The van der Waals surface area contributed by atoms with Gasteiger partial charge in [0, 0.05) is 0 Å². The molecule has 1 aromatic rings. The summed E-state index contributed by atoms with van der Waals surface area (Å²) >= 11 is 0. The topological polar surface area (TPSA) is 35.2 Å². The molecule has 82 valence electrons. The summed E-state index contributed by atoms with van der Waals surface area (Å²) in [5.74, 6) is -0.240. The van der Waals surface area contributed by atoms with Gasteiger partial charge < -0.3 is 10.5 Å². The first-order chi connectivity index (χ1) is 6.92. The normalized spacial score (nSPS) is 12.7. The highest BCUT2D eigenvalue weighted by Gasteiger charge is 2.30. The van der Waals surface area contributed by atoms with Crippen molar-refractivity contribution in [2.24, 2.45) is 5.73 Å². The summed E-state index contributed by atoms with van der Waals surface area (Å²) in [6, 6.07) is 5.52. The Bertz CT molecular complexity index is 354. The molecule has 0 saturated heterocycles. The first-order valence-electron chi connectivity index (χ1n) is 4.17. The third-order valence-corrected chi connectivity index (χ3v) is 1.79. The fourth-order valence-electron chi connectivity index (χ4n) is 1.02. The highest BCUT2D eigenvalue weighted by Crippen LogP contribution is 2.24. The molecule has 0 unspecified atom stereocenters. The van der Waals surface area contributed by atoms with E-state index < -0.39 is 6.36 Å². The minimum absolute atomic E-state index is 0.240. The van der Waals surface area contributed by atoms with Crippen molar-refractivity contribution in [3.63, 3.8) is 0 Å². The SMILES string of the molecule is C/C(=C\N)c1ccc(OC(F)(F)F)cc1. The fourth-order valence-corrected chi connectivity index (χ4v) is 1.02. The Balaban J connectivity index is 2.82. The van der Waals surface area contributed by atoms with Crippen molar-refractivity contribution in [1.29, 1.82) is 0 Å². The Hall–Kier alpha value is -1.65. The summed E-state index contributed by atoms with van der Waals surface area (Å²) in [6.45, 7) is 1.76. The smallest absolute Gasteiger partial charge is 0.406 e. The molecule has 0 aliphatic heterocycles. The van der Waals surface area contributed by atoms with Crippen LogP contribution in [0.4, 0.5) is 13.2 Å². The van der Waals surface area contributed by atoms with Crippen LogP contribution in [0.3, 0.4) is 0 Å². The predicted octanol–water partition coefficient (Wildman–Crippen LogP) is 2.90. The minimum atomic E-state index is -4.65. The number of allylic oxidation sites excluding steroid dienone is 1. The van der Waals surface area contributed by atoms with Crippen LogP contribution in [0.2, 0.25) is 0 Å². The van der Waals surface area contributed by atoms with Crippen molar-refractivity contribution in [3.8, 4) is 5.75 Å². The van der Waals surface area contributed by atoms with E-state index in [2.05, 4.69) is 4.74 Å². The second-order valence-electron chi connectivity index (χ2n) is 2.92. The van der Waals surface area contributed by atoms with Crippen LogP contribution in [0, 0.1) is 0 Å². The number of ether oxygens (including phenoxy) is 1. The molecule has 2 nitrogen and oxygen atoms in total. The van der Waals surface area contributed by atoms with Gasteiger partial charge in [-0.1, -0.05) is 12.1 Å². The zero-order valence-electron chi connectivity index (χ0n) is 8.01. The molecule has 0 saturated carbocycles. The van der Waals surface area contributed by atoms with Gasteiger partial charge in [-0.3, -0.25) is 0 Å². The lowest BCUT2D eigenvalue weighted by Gasteiger charge is -2.09. The van der Waals surface area contributed by atoms with E-state index in [1.807, 2.05) is 0 Å². The van der Waals surface area contributed by atoms with E-state index in [0.29, 0.717) is 0 Å². The maximum absolute atomic E-state index is 11.8. The van der Waals surface area contributed by atoms with E-state index in [-0.39, 0.29) is 5.75 Å². The molecular weight excluding hydrogens is 207 g/mol. The Morgan fingerprint density at radius 2 is 1.80 bits per heavy atom. The summed E-state index contributed by atoms with van der Waals surface area (Å²) in [5.41, 5.74) is 6.81. The van der Waals surface area contributed by atoms with Crippen LogP contribution < -0.4 is 10.5 Å². The number of rotatable bonds is 2. The van der Waals surface area contributed by atoms with Crippen LogP contribution in [-0.2, 0) is 0 Å². The largest absolute Gasteiger partial charge is 0.573 e. The summed E-state index contributed by atoms with van der Waals surface area (Å²) in [7, 11) is 0. The molecule has 0 aliphatic carbocycles. The molecule has 0 heterocycles. The van der Waals surface area contributed by atoms with E-state index in [4.69, 9.17) is 5.73 Å². The van der Waals surface area contributed by atoms with E-state index in [0.717, 1.165) is 11.1 Å². The van der Waals surface area contributed by atoms with Gasteiger partial charge in [0.15, 0.2) is 0 Å². The molecule has 1 rings (SSSR count). The molecule has 5 heteroatoms. The zero-order chi connectivity index (χ0) is 11.5. The number of nitrogens with two attached hydrogens (primary N) is 1. The second-order valence-corrected chi connectivity index (χ2v) is 2.92. The molecule has 0 amide bonds. The summed E-state index contributed by atoms with van der Waals surface area (Å²) in [4.78, 5) is 0. The van der Waals surface area contributed by atoms with Gasteiger partial charge in [0.25, 0.3) is 0 Å². The molecular formula is C10H10F3NO. The lowest BCUT2D eigenvalue weighted by atomic mass is 10.1. The molecule has 2 N–H and O–H groups in total. The molecule has 0 spiro atoms. The van der Waals surface area contributed by atoms with Crippen molar-refractivity contribution in [2.45, 2.75) is 13.3 Å². The molecule has 0 aromatic heterocycles. The minimum Gasteiger partial charge on any atom is -0.406 e. The van der Waals surface area contributed by atoms with Gasteiger partial charge in [0.2, 0.25) is 0 Å². The molecule has 0 bridgehead atoms. The number of halogens is 3. The summed E-state index contributed by atoms with van der Waals surface area (Å²) in [5, 5.41) is 0. The molecule has 1 aromatic carbocycles. The van der Waals surface area contributed by atoms with Crippen LogP contribution in [-0.4, -0.2) is 6.36 Å². The molecule has 0 atom stereocenters. The highest BCUT2D eigenvalue weighted by atomic mass is 19.4. The van der Waals surface area contributed by atoms with Gasteiger partial charge in [0.1, 0.15) is 5.75 Å². The Morgan fingerprint density at radius 1 is 1.27 bits per heavy atom. The van der Waals surface area contributed by atoms with Gasteiger partial charge in [-0.25, -0.2) is 0 Å². The Kier molecular flexibility index (Phi) is 3.24. The number of hydrogen-bond acceptors (Lipinski definition) is 2. The standard InChI is InChI=1S/C10H10F3NO/c1-7(6-14)8-2-4-9(5-3-8)15-10(11,12)13/h2-6H,14H2,1H3/b7-6+. The van der Waals surface area contributed by atoms with Gasteiger partial charge in [-0.2, -0.15) is 0 Å². The van der Waals surface area contributed by atoms with Gasteiger partial charge in [0.05, 0.1) is 0 Å². The van der Waals surface area contributed by atoms with Crippen molar-refractivity contribution in [1.82, 2.24) is 0 Å². The lowest BCUT2D eigenvalue weighted by Crippen LogP contribution is -2.16. The number of benzene rings is 1. The first kappa shape index (κ1) is 11.4. The number of alkyl halides is 3. The van der Waals surface area contributed by atoms with E-state index >= 15 is 0 Å². The third kappa shape index (κ3) is 3.53. The van der Waals surface area contributed by atoms with Crippen molar-refractivity contribution < 1.29 is 17.9 Å². The van der Waals surface area contributed by atoms with Crippen LogP contribution in [0.5, 0.6) is 5.75 Å². The Labute approximate surface area is 85.2 Å². The maximum atomic E-state index is 11.8. The summed E-state index contributed by atoms with van der Waals surface area (Å²) < 4.78 is 39.2. The van der Waals surface area contributed by atoms with Crippen LogP contribution in [0.25, 0.3) is 5.57 Å². The molecule has 0 fully saturated rings. The molecule has 0 radical (unpaired) electrons. The lowest BCUT2D eigenvalue weighted by molar-refractivity contribution is -0.274. The van der Waals surface area contributed by atoms with Crippen molar-refractivity contribution in [3.05, 3.63) is 36.0 Å². The van der Waals surface area contributed by atoms with Crippen LogP contribution in [0.1, 0.15) is 12.5 Å². The average molecular weight is 217 g/mol. The average Bonchev–Trinajstić information content (AvgIpc) is 2.15. The van der Waals surface area contributed by atoms with Crippen LogP contribution in [0.15, 0.2) is 30.5 Å². The second kappa shape index (κ2) is 4.25. The van der Waals surface area contributed by atoms with E-state index in [1.165, 1.54) is 30.5 Å². The van der Waals surface area contributed by atoms with Gasteiger partial charge >= 0.3 is 6.36 Å². The van der Waals surface area contributed by atoms with Gasteiger partial charge in [-0.05, 0) is 36.4 Å². The molecule has 0 aliphatic rings. The van der Waals surface area contributed by atoms with Gasteiger partial charge in [-0.15, -0.1) is 13.2 Å². The van der Waals surface area contributed by atoms with Crippen LogP contribution >= 0.6 is 0 Å². The predicted molar refractivity (Wildman–Crippen MR) is 51.0 cm³/mol. The van der Waals surface area contributed by atoms with Crippen molar-refractivity contribution in [2.75, 3.05) is 0 Å². The van der Waals surface area contributed by atoms with Crippen molar-refractivity contribution >= 4 is 5.57 Å². The summed E-state index contributed by atoms with van der Waals surface area (Å²) in [6.07, 6.45) is -3.26. The zero-order valence-corrected chi connectivity index (χ0v) is 8.01. The monoisotopic (exact) mass is 217 g/mol.